The average molecular weight is 439 g/mol. The van der Waals surface area contributed by atoms with E-state index in [2.05, 4.69) is 0 Å². The first-order valence-electron chi connectivity index (χ1n) is 9.17. The van der Waals surface area contributed by atoms with Crippen LogP contribution in [0.25, 0.3) is 0 Å². The number of rotatable bonds is 6. The smallest absolute Gasteiger partial charge is 0.384 e. The molecule has 3 N–H and O–H groups in total. The molecule has 30 heavy (non-hydrogen) atoms. The summed E-state index contributed by atoms with van der Waals surface area (Å²) in [7, 11) is -4.76. The molecule has 0 bridgehead atoms. The molecule has 0 amide bonds. The van der Waals surface area contributed by atoms with Crippen molar-refractivity contribution in [3.05, 3.63) is 89.6 Å². The molecule has 0 saturated carbocycles. The van der Waals surface area contributed by atoms with Crippen molar-refractivity contribution in [3.63, 3.8) is 0 Å². The minimum absolute atomic E-state index is 0.0234. The maximum Gasteiger partial charge on any atom is 0.408 e. The van der Waals surface area contributed by atoms with Gasteiger partial charge in [-0.2, -0.15) is 25.5 Å². The van der Waals surface area contributed by atoms with Gasteiger partial charge in [0.25, 0.3) is 0 Å². The summed E-state index contributed by atoms with van der Waals surface area (Å²) in [6.45, 7) is -0.239. The number of hydrogen-bond acceptors (Lipinski definition) is 4. The Bertz CT molecular complexity index is 1070. The quantitative estimate of drug-likeness (QED) is 0.677. The normalized spacial score (nSPS) is 20.6. The van der Waals surface area contributed by atoms with Crippen LogP contribution in [0.2, 0.25) is 0 Å². The SMILES string of the molecule is NCC1=C[N+](c2cccc(C(O)c3ccccc3)c2)(S(=O)(=O)CC(F)(F)F)CC=C1. The third kappa shape index (κ3) is 4.49. The van der Waals surface area contributed by atoms with E-state index in [1.54, 1.807) is 42.5 Å². The zero-order valence-corrected chi connectivity index (χ0v) is 16.8. The lowest BCUT2D eigenvalue weighted by atomic mass is 10.0. The Labute approximate surface area is 173 Å². The maximum atomic E-state index is 13.1. The number of alkyl halides is 3. The van der Waals surface area contributed by atoms with Crippen LogP contribution in [0.4, 0.5) is 18.9 Å². The fourth-order valence-electron chi connectivity index (χ4n) is 3.46. The molecule has 2 unspecified atom stereocenters. The lowest BCUT2D eigenvalue weighted by Gasteiger charge is -2.35. The molecule has 1 aliphatic heterocycles. The van der Waals surface area contributed by atoms with Gasteiger partial charge in [-0.15, -0.1) is 0 Å². The highest BCUT2D eigenvalue weighted by Crippen LogP contribution is 2.37. The Morgan fingerprint density at radius 1 is 1.07 bits per heavy atom. The third-order valence-electron chi connectivity index (χ3n) is 4.90. The van der Waals surface area contributed by atoms with E-state index in [0.29, 0.717) is 16.7 Å². The minimum Gasteiger partial charge on any atom is -0.384 e. The van der Waals surface area contributed by atoms with Crippen LogP contribution in [0.3, 0.4) is 0 Å². The van der Waals surface area contributed by atoms with Gasteiger partial charge in [-0.1, -0.05) is 48.5 Å². The summed E-state index contributed by atoms with van der Waals surface area (Å²) in [5.74, 6) is -1.98. The topological polar surface area (TPSA) is 80.4 Å². The lowest BCUT2D eigenvalue weighted by Crippen LogP contribution is -2.54. The number of nitrogens with zero attached hydrogens (tertiary/aromatic N) is 1. The van der Waals surface area contributed by atoms with Crippen LogP contribution in [0.1, 0.15) is 17.2 Å². The first-order valence-corrected chi connectivity index (χ1v) is 10.8. The second-order valence-corrected chi connectivity index (χ2v) is 9.14. The zero-order chi connectivity index (χ0) is 22.0. The Balaban J connectivity index is 2.14. The second kappa shape index (κ2) is 8.35. The van der Waals surface area contributed by atoms with Gasteiger partial charge in [-0.05, 0) is 17.2 Å². The van der Waals surface area contributed by atoms with Crippen molar-refractivity contribution in [1.82, 2.24) is 3.89 Å². The van der Waals surface area contributed by atoms with Gasteiger partial charge in [-0.3, -0.25) is 0 Å². The molecular weight excluding hydrogens is 417 g/mol. The molecule has 1 heterocycles. The molecule has 0 aliphatic carbocycles. The predicted molar refractivity (Wildman–Crippen MR) is 110 cm³/mol. The Hall–Kier alpha value is -2.46. The van der Waals surface area contributed by atoms with Gasteiger partial charge in [0.15, 0.2) is 11.4 Å². The summed E-state index contributed by atoms with van der Waals surface area (Å²) in [6, 6.07) is 14.7. The predicted octanol–water partition coefficient (Wildman–Crippen LogP) is 3.38. The highest BCUT2D eigenvalue weighted by atomic mass is 32.2. The molecule has 9 heteroatoms. The van der Waals surface area contributed by atoms with Gasteiger partial charge in [0.2, 0.25) is 0 Å². The minimum atomic E-state index is -4.90. The molecule has 5 nitrogen and oxygen atoms in total. The van der Waals surface area contributed by atoms with Crippen molar-refractivity contribution in [3.8, 4) is 0 Å². The maximum absolute atomic E-state index is 13.1. The first kappa shape index (κ1) is 22.2. The molecule has 2 aromatic carbocycles. The standard InChI is InChI=1S/C21H22F3N2O3S/c22-21(23,24)15-30(28,29)26(11-5-6-16(13-25)14-26)19-10-4-9-18(12-19)20(27)17-7-2-1-3-8-17/h1-10,12,14,20,27H,11,13,15,25H2/q+1. The average Bonchev–Trinajstić information content (AvgIpc) is 2.72. The molecule has 2 aromatic rings. The van der Waals surface area contributed by atoms with Crippen LogP contribution in [-0.4, -0.2) is 38.5 Å². The van der Waals surface area contributed by atoms with Crippen molar-refractivity contribution in [2.75, 3.05) is 18.8 Å². The van der Waals surface area contributed by atoms with E-state index in [0.717, 1.165) is 0 Å². The van der Waals surface area contributed by atoms with E-state index < -0.39 is 31.9 Å². The number of hydrogen-bond donors (Lipinski definition) is 2. The van der Waals surface area contributed by atoms with E-state index in [1.807, 2.05) is 0 Å². The van der Waals surface area contributed by atoms with Gasteiger partial charge < -0.3 is 10.8 Å². The highest BCUT2D eigenvalue weighted by molar-refractivity contribution is 7.91. The molecular formula is C21H22F3N2O3S+. The van der Waals surface area contributed by atoms with E-state index >= 15 is 0 Å². The van der Waals surface area contributed by atoms with Crippen LogP contribution in [0.5, 0.6) is 0 Å². The van der Waals surface area contributed by atoms with Crippen molar-refractivity contribution in [1.29, 1.82) is 0 Å². The summed E-state index contributed by atoms with van der Waals surface area (Å²) in [6.07, 6.45) is -1.62. The fraction of sp³-hybridized carbons (Fsp3) is 0.238. The summed E-state index contributed by atoms with van der Waals surface area (Å²) >= 11 is 0. The zero-order valence-electron chi connectivity index (χ0n) is 16.0. The Morgan fingerprint density at radius 3 is 2.37 bits per heavy atom. The lowest BCUT2D eigenvalue weighted by molar-refractivity contribution is -0.106. The van der Waals surface area contributed by atoms with E-state index in [1.165, 1.54) is 30.5 Å². The summed E-state index contributed by atoms with van der Waals surface area (Å²) in [4.78, 5) is 0. The van der Waals surface area contributed by atoms with Gasteiger partial charge >= 0.3 is 16.2 Å². The van der Waals surface area contributed by atoms with Gasteiger partial charge in [-0.25, -0.2) is 0 Å². The second-order valence-electron chi connectivity index (χ2n) is 7.04. The van der Waals surface area contributed by atoms with Crippen molar-refractivity contribution < 1.29 is 26.7 Å². The Kier molecular flexibility index (Phi) is 6.19. The van der Waals surface area contributed by atoms with Crippen LogP contribution in [0, 0.1) is 0 Å². The molecule has 160 valence electrons. The van der Waals surface area contributed by atoms with E-state index in [4.69, 9.17) is 5.73 Å². The molecule has 3 rings (SSSR count). The fourth-order valence-corrected chi connectivity index (χ4v) is 5.15. The summed E-state index contributed by atoms with van der Waals surface area (Å²) in [5.41, 5.74) is 7.09. The van der Waals surface area contributed by atoms with Crippen molar-refractivity contribution in [2.24, 2.45) is 5.73 Å². The largest absolute Gasteiger partial charge is 0.408 e. The molecule has 1 aliphatic rings. The van der Waals surface area contributed by atoms with Gasteiger partial charge in [0, 0.05) is 24.3 Å². The molecule has 0 fully saturated rings. The molecule has 2 atom stereocenters. The number of halogens is 3. The summed E-state index contributed by atoms with van der Waals surface area (Å²) < 4.78 is 64.3. The highest BCUT2D eigenvalue weighted by Gasteiger charge is 2.50. The molecule has 0 radical (unpaired) electrons. The van der Waals surface area contributed by atoms with E-state index in [-0.39, 0.29) is 18.8 Å². The Morgan fingerprint density at radius 2 is 1.73 bits per heavy atom. The van der Waals surface area contributed by atoms with Crippen LogP contribution < -0.4 is 9.62 Å². The summed E-state index contributed by atoms with van der Waals surface area (Å²) in [5, 5.41) is 10.7. The number of sulfonamides is 1. The number of aliphatic hydroxyl groups is 1. The van der Waals surface area contributed by atoms with Crippen molar-refractivity contribution >= 4 is 15.7 Å². The van der Waals surface area contributed by atoms with Gasteiger partial charge in [0.05, 0.1) is 0 Å². The first-order chi connectivity index (χ1) is 14.1. The van der Waals surface area contributed by atoms with Crippen LogP contribution in [-0.2, 0) is 10.0 Å². The molecule has 0 saturated heterocycles. The number of nitrogens with two attached hydrogens (primary N) is 1. The third-order valence-corrected chi connectivity index (χ3v) is 7.05. The van der Waals surface area contributed by atoms with Crippen LogP contribution in [0.15, 0.2) is 78.5 Å². The van der Waals surface area contributed by atoms with E-state index in [9.17, 15) is 26.7 Å². The molecule has 0 aromatic heterocycles. The molecule has 0 spiro atoms. The number of benzene rings is 2. The van der Waals surface area contributed by atoms with Crippen molar-refractivity contribution in [2.45, 2.75) is 12.3 Å². The van der Waals surface area contributed by atoms with Gasteiger partial charge in [0.1, 0.15) is 18.8 Å². The monoisotopic (exact) mass is 439 g/mol. The number of quaternary nitrogens is 1. The number of aliphatic hydroxyl groups excluding tert-OH is 1. The van der Waals surface area contributed by atoms with Crippen LogP contribution >= 0.6 is 0 Å².